The number of hydrogen-bond acceptors (Lipinski definition) is 6. The van der Waals surface area contributed by atoms with Crippen LogP contribution in [0.15, 0.2) is 28.8 Å². The van der Waals surface area contributed by atoms with E-state index in [4.69, 9.17) is 26.6 Å². The van der Waals surface area contributed by atoms with E-state index in [1.54, 1.807) is 12.1 Å². The Kier molecular flexibility index (Phi) is 5.67. The largest absolute Gasteiger partial charge is 0.381 e. The van der Waals surface area contributed by atoms with Crippen molar-refractivity contribution < 1.29 is 14.1 Å². The summed E-state index contributed by atoms with van der Waals surface area (Å²) in [6, 6.07) is 7.20. The van der Waals surface area contributed by atoms with Crippen LogP contribution in [0.1, 0.15) is 18.7 Å². The van der Waals surface area contributed by atoms with Crippen LogP contribution >= 0.6 is 11.6 Å². The summed E-state index contributed by atoms with van der Waals surface area (Å²) in [4.78, 5) is 16.8. The van der Waals surface area contributed by atoms with Gasteiger partial charge in [-0.05, 0) is 37.1 Å². The molecule has 2 aromatic rings. The molecule has 3 N–H and O–H groups in total. The van der Waals surface area contributed by atoms with Crippen LogP contribution in [0.3, 0.4) is 0 Å². The summed E-state index contributed by atoms with van der Waals surface area (Å²) in [6.45, 7) is 1.88. The van der Waals surface area contributed by atoms with Crippen LogP contribution < -0.4 is 11.1 Å². The smallest absolute Gasteiger partial charge is 0.228 e. The first-order valence-electron chi connectivity index (χ1n) is 8.28. The summed E-state index contributed by atoms with van der Waals surface area (Å²) in [5.41, 5.74) is 6.13. The fourth-order valence-corrected chi connectivity index (χ4v) is 2.96. The lowest BCUT2D eigenvalue weighted by molar-refractivity contribution is -0.135. The minimum Gasteiger partial charge on any atom is -0.381 e. The lowest BCUT2D eigenvalue weighted by Crippen LogP contribution is -2.49. The fraction of sp³-hybridized carbons (Fsp3) is 0.471. The number of aromatic nitrogens is 2. The van der Waals surface area contributed by atoms with E-state index < -0.39 is 5.41 Å². The van der Waals surface area contributed by atoms with Gasteiger partial charge in [-0.3, -0.25) is 4.79 Å². The van der Waals surface area contributed by atoms with E-state index in [1.165, 1.54) is 0 Å². The highest BCUT2D eigenvalue weighted by Crippen LogP contribution is 2.29. The maximum atomic E-state index is 12.5. The van der Waals surface area contributed by atoms with Crippen molar-refractivity contribution in [2.45, 2.75) is 19.3 Å². The molecule has 0 bridgehead atoms. The van der Waals surface area contributed by atoms with Crippen molar-refractivity contribution in [1.82, 2.24) is 15.5 Å². The molecule has 1 saturated heterocycles. The second kappa shape index (κ2) is 7.95. The van der Waals surface area contributed by atoms with Crippen LogP contribution in [0.25, 0.3) is 11.4 Å². The maximum Gasteiger partial charge on any atom is 0.228 e. The summed E-state index contributed by atoms with van der Waals surface area (Å²) >= 11 is 5.87. The number of halogens is 1. The molecule has 1 aromatic carbocycles. The molecule has 1 aromatic heterocycles. The quantitative estimate of drug-likeness (QED) is 0.810. The van der Waals surface area contributed by atoms with Gasteiger partial charge in [-0.2, -0.15) is 4.98 Å². The van der Waals surface area contributed by atoms with Gasteiger partial charge in [-0.25, -0.2) is 0 Å². The third kappa shape index (κ3) is 4.18. The van der Waals surface area contributed by atoms with E-state index in [-0.39, 0.29) is 5.91 Å². The first kappa shape index (κ1) is 17.8. The average molecular weight is 365 g/mol. The predicted octanol–water partition coefficient (Wildman–Crippen LogP) is 1.80. The highest BCUT2D eigenvalue weighted by Gasteiger charge is 2.38. The molecule has 1 amide bonds. The zero-order valence-corrected chi connectivity index (χ0v) is 14.6. The van der Waals surface area contributed by atoms with Crippen LogP contribution in [-0.2, 0) is 16.0 Å². The Morgan fingerprint density at radius 3 is 2.68 bits per heavy atom. The Balaban J connectivity index is 1.54. The number of amides is 1. The normalized spacial score (nSPS) is 16.6. The number of nitrogens with zero attached hydrogens (tertiary/aromatic N) is 2. The number of carbonyl (C=O) groups excluding carboxylic acids is 1. The highest BCUT2D eigenvalue weighted by atomic mass is 35.5. The first-order valence-corrected chi connectivity index (χ1v) is 8.65. The summed E-state index contributed by atoms with van der Waals surface area (Å²) < 4.78 is 10.6. The van der Waals surface area contributed by atoms with Gasteiger partial charge >= 0.3 is 0 Å². The van der Waals surface area contributed by atoms with Crippen molar-refractivity contribution in [2.75, 3.05) is 26.3 Å². The molecule has 0 aliphatic carbocycles. The SMILES string of the molecule is NCC1(C(=O)NCCc2nc(-c3ccc(Cl)cc3)no2)CCOCC1. The van der Waals surface area contributed by atoms with Crippen LogP contribution in [0, 0.1) is 5.41 Å². The molecule has 25 heavy (non-hydrogen) atoms. The molecule has 0 unspecified atom stereocenters. The topological polar surface area (TPSA) is 103 Å². The summed E-state index contributed by atoms with van der Waals surface area (Å²) in [7, 11) is 0. The molecule has 3 rings (SSSR count). The second-order valence-electron chi connectivity index (χ2n) is 6.12. The zero-order chi connectivity index (χ0) is 17.7. The number of ether oxygens (including phenoxy) is 1. The Morgan fingerprint density at radius 2 is 2.00 bits per heavy atom. The number of nitrogens with one attached hydrogen (secondary N) is 1. The molecule has 2 heterocycles. The van der Waals surface area contributed by atoms with Crippen molar-refractivity contribution in [1.29, 1.82) is 0 Å². The van der Waals surface area contributed by atoms with E-state index in [0.29, 0.717) is 62.3 Å². The third-order valence-electron chi connectivity index (χ3n) is 4.52. The van der Waals surface area contributed by atoms with Crippen LogP contribution in [-0.4, -0.2) is 42.4 Å². The van der Waals surface area contributed by atoms with Gasteiger partial charge in [0, 0.05) is 43.3 Å². The zero-order valence-electron chi connectivity index (χ0n) is 13.8. The summed E-state index contributed by atoms with van der Waals surface area (Å²) in [5, 5.41) is 7.53. The van der Waals surface area contributed by atoms with Gasteiger partial charge in [0.1, 0.15) is 0 Å². The van der Waals surface area contributed by atoms with Gasteiger partial charge in [0.05, 0.1) is 5.41 Å². The number of rotatable bonds is 6. The molecule has 134 valence electrons. The minimum atomic E-state index is -0.526. The fourth-order valence-electron chi connectivity index (χ4n) is 2.83. The summed E-state index contributed by atoms with van der Waals surface area (Å²) in [5.74, 6) is 0.940. The van der Waals surface area contributed by atoms with Crippen molar-refractivity contribution in [2.24, 2.45) is 11.1 Å². The Labute approximate surface area is 150 Å². The Morgan fingerprint density at radius 1 is 1.28 bits per heavy atom. The lowest BCUT2D eigenvalue weighted by Gasteiger charge is -2.34. The van der Waals surface area contributed by atoms with Gasteiger partial charge in [-0.15, -0.1) is 0 Å². The van der Waals surface area contributed by atoms with Crippen molar-refractivity contribution >= 4 is 17.5 Å². The highest BCUT2D eigenvalue weighted by molar-refractivity contribution is 6.30. The van der Waals surface area contributed by atoms with Gasteiger partial charge < -0.3 is 20.3 Å². The van der Waals surface area contributed by atoms with E-state index in [9.17, 15) is 4.79 Å². The van der Waals surface area contributed by atoms with Gasteiger partial charge in [-0.1, -0.05) is 16.8 Å². The molecule has 1 aliphatic rings. The van der Waals surface area contributed by atoms with Crippen molar-refractivity contribution in [3.8, 4) is 11.4 Å². The number of hydrogen-bond donors (Lipinski definition) is 2. The summed E-state index contributed by atoms with van der Waals surface area (Å²) in [6.07, 6.45) is 1.76. The average Bonchev–Trinajstić information content (AvgIpc) is 3.11. The van der Waals surface area contributed by atoms with E-state index >= 15 is 0 Å². The lowest BCUT2D eigenvalue weighted by atomic mass is 9.79. The van der Waals surface area contributed by atoms with Gasteiger partial charge in [0.25, 0.3) is 0 Å². The molecule has 7 nitrogen and oxygen atoms in total. The maximum absolute atomic E-state index is 12.5. The monoisotopic (exact) mass is 364 g/mol. The molecule has 1 aliphatic heterocycles. The molecule has 8 heteroatoms. The predicted molar refractivity (Wildman–Crippen MR) is 93.0 cm³/mol. The van der Waals surface area contributed by atoms with Crippen LogP contribution in [0.2, 0.25) is 5.02 Å². The number of benzene rings is 1. The van der Waals surface area contributed by atoms with E-state index in [0.717, 1.165) is 5.56 Å². The molecule has 0 atom stereocenters. The Hall–Kier alpha value is -1.96. The number of carbonyl (C=O) groups is 1. The van der Waals surface area contributed by atoms with E-state index in [2.05, 4.69) is 15.5 Å². The van der Waals surface area contributed by atoms with Crippen LogP contribution in [0.5, 0.6) is 0 Å². The van der Waals surface area contributed by atoms with Crippen molar-refractivity contribution in [3.05, 3.63) is 35.2 Å². The molecule has 0 spiro atoms. The minimum absolute atomic E-state index is 0.0317. The molecule has 0 radical (unpaired) electrons. The third-order valence-corrected chi connectivity index (χ3v) is 4.77. The van der Waals surface area contributed by atoms with Crippen molar-refractivity contribution in [3.63, 3.8) is 0 Å². The van der Waals surface area contributed by atoms with Gasteiger partial charge in [0.2, 0.25) is 17.6 Å². The first-order chi connectivity index (χ1) is 12.1. The molecular weight excluding hydrogens is 344 g/mol. The molecular formula is C17H21ClN4O3. The number of nitrogens with two attached hydrogens (primary N) is 1. The van der Waals surface area contributed by atoms with Crippen LogP contribution in [0.4, 0.5) is 0 Å². The molecule has 0 saturated carbocycles. The van der Waals surface area contributed by atoms with E-state index in [1.807, 2.05) is 12.1 Å². The standard InChI is InChI=1S/C17H21ClN4O3/c18-13-3-1-12(2-4-13)15-21-14(25-22-15)5-8-20-16(23)17(11-19)6-9-24-10-7-17/h1-4H,5-11,19H2,(H,20,23). The second-order valence-corrected chi connectivity index (χ2v) is 6.56. The molecule has 1 fully saturated rings. The van der Waals surface area contributed by atoms with Gasteiger partial charge in [0.15, 0.2) is 0 Å². The Bertz CT molecular complexity index is 711.